The number of piperidine rings is 1. The van der Waals surface area contributed by atoms with Crippen molar-refractivity contribution in [1.29, 1.82) is 0 Å². The van der Waals surface area contributed by atoms with Gasteiger partial charge in [-0.05, 0) is 37.3 Å². The number of likely N-dealkylation sites (tertiary alicyclic amines) is 1. The average Bonchev–Trinajstić information content (AvgIpc) is 3.23. The highest BCUT2D eigenvalue weighted by Gasteiger charge is 2.31. The van der Waals surface area contributed by atoms with Crippen LogP contribution >= 0.6 is 0 Å². The zero-order chi connectivity index (χ0) is 19.1. The van der Waals surface area contributed by atoms with E-state index in [9.17, 15) is 4.79 Å². The Morgan fingerprint density at radius 1 is 1.14 bits per heavy atom. The number of carbonyl (C=O) groups excluding carboxylic acids is 1. The van der Waals surface area contributed by atoms with Crippen molar-refractivity contribution in [3.63, 3.8) is 0 Å². The number of carbonyl (C=O) groups is 1. The van der Waals surface area contributed by atoms with E-state index in [-0.39, 0.29) is 5.91 Å². The Kier molecular flexibility index (Phi) is 4.36. The SMILES string of the molecule is Cc1c(C(=O)N2CCC[C@@H](N3CCc4ccccc4C3)C2)cnc2ccnn12. The zero-order valence-corrected chi connectivity index (χ0v) is 16.2. The summed E-state index contributed by atoms with van der Waals surface area (Å²) in [6.07, 6.45) is 6.72. The first-order valence-electron chi connectivity index (χ1n) is 10.1. The summed E-state index contributed by atoms with van der Waals surface area (Å²) in [5, 5.41) is 4.29. The molecule has 1 amide bonds. The van der Waals surface area contributed by atoms with Crippen LogP contribution in [0.2, 0.25) is 0 Å². The number of benzene rings is 1. The Morgan fingerprint density at radius 3 is 2.89 bits per heavy atom. The summed E-state index contributed by atoms with van der Waals surface area (Å²) in [7, 11) is 0. The normalized spacial score (nSPS) is 20.3. The molecule has 1 fully saturated rings. The van der Waals surface area contributed by atoms with Gasteiger partial charge in [-0.1, -0.05) is 24.3 Å². The molecule has 0 radical (unpaired) electrons. The molecule has 4 heterocycles. The van der Waals surface area contributed by atoms with Crippen molar-refractivity contribution in [2.45, 2.75) is 38.8 Å². The van der Waals surface area contributed by atoms with E-state index in [2.05, 4.69) is 39.2 Å². The minimum Gasteiger partial charge on any atom is -0.337 e. The third-order valence-corrected chi connectivity index (χ3v) is 6.25. The topological polar surface area (TPSA) is 53.7 Å². The lowest BCUT2D eigenvalue weighted by atomic mass is 9.96. The Bertz CT molecular complexity index is 1030. The summed E-state index contributed by atoms with van der Waals surface area (Å²) in [6.45, 7) is 5.61. The second kappa shape index (κ2) is 7.02. The molecule has 2 aliphatic rings. The quantitative estimate of drug-likeness (QED) is 0.691. The van der Waals surface area contributed by atoms with Gasteiger partial charge in [0.2, 0.25) is 0 Å². The van der Waals surface area contributed by atoms with Crippen LogP contribution in [0.15, 0.2) is 42.7 Å². The highest BCUT2D eigenvalue weighted by atomic mass is 16.2. The molecule has 0 aliphatic carbocycles. The van der Waals surface area contributed by atoms with E-state index < -0.39 is 0 Å². The molecule has 6 heteroatoms. The lowest BCUT2D eigenvalue weighted by Gasteiger charge is -2.41. The van der Waals surface area contributed by atoms with E-state index in [1.54, 1.807) is 16.9 Å². The van der Waals surface area contributed by atoms with Gasteiger partial charge in [-0.25, -0.2) is 9.50 Å². The molecule has 2 aromatic heterocycles. The first-order valence-corrected chi connectivity index (χ1v) is 10.1. The Morgan fingerprint density at radius 2 is 2.00 bits per heavy atom. The van der Waals surface area contributed by atoms with Crippen LogP contribution in [0, 0.1) is 6.92 Å². The lowest BCUT2D eigenvalue weighted by Crippen LogP contribution is -2.51. The largest absolute Gasteiger partial charge is 0.337 e. The third-order valence-electron chi connectivity index (χ3n) is 6.25. The van der Waals surface area contributed by atoms with Gasteiger partial charge >= 0.3 is 0 Å². The summed E-state index contributed by atoms with van der Waals surface area (Å²) in [6, 6.07) is 11.0. The molecule has 1 atom stereocenters. The monoisotopic (exact) mass is 375 g/mol. The molecule has 5 rings (SSSR count). The zero-order valence-electron chi connectivity index (χ0n) is 16.2. The predicted octanol–water partition coefficient (Wildman–Crippen LogP) is 2.70. The molecular formula is C22H25N5O. The van der Waals surface area contributed by atoms with Crippen molar-refractivity contribution in [2.24, 2.45) is 0 Å². The Labute approximate surface area is 164 Å². The second-order valence-electron chi connectivity index (χ2n) is 7.89. The molecule has 144 valence electrons. The van der Waals surface area contributed by atoms with Crippen LogP contribution < -0.4 is 0 Å². The van der Waals surface area contributed by atoms with Gasteiger partial charge < -0.3 is 4.90 Å². The third kappa shape index (κ3) is 2.98. The van der Waals surface area contributed by atoms with Crippen molar-refractivity contribution in [1.82, 2.24) is 24.4 Å². The summed E-state index contributed by atoms with van der Waals surface area (Å²) < 4.78 is 1.75. The molecule has 0 unspecified atom stereocenters. The fraction of sp³-hybridized carbons (Fsp3) is 0.409. The van der Waals surface area contributed by atoms with Gasteiger partial charge in [-0.15, -0.1) is 0 Å². The molecule has 0 saturated carbocycles. The van der Waals surface area contributed by atoms with Crippen molar-refractivity contribution < 1.29 is 4.79 Å². The molecule has 28 heavy (non-hydrogen) atoms. The van der Waals surface area contributed by atoms with E-state index in [0.717, 1.165) is 56.8 Å². The van der Waals surface area contributed by atoms with E-state index in [4.69, 9.17) is 0 Å². The highest BCUT2D eigenvalue weighted by molar-refractivity contribution is 5.95. The summed E-state index contributed by atoms with van der Waals surface area (Å²) in [4.78, 5) is 22.2. The number of aryl methyl sites for hydroxylation is 1. The standard InChI is InChI=1S/C22H25N5O/c1-16-20(13-23-21-8-10-24-27(16)21)22(28)26-11-4-7-19(15-26)25-12-9-17-5-2-3-6-18(17)14-25/h2-3,5-6,8,10,13,19H,4,7,9,11-12,14-15H2,1H3/t19-/m1/s1. The van der Waals surface area contributed by atoms with Crippen molar-refractivity contribution in [3.05, 3.63) is 65.1 Å². The number of aromatic nitrogens is 3. The fourth-order valence-corrected chi connectivity index (χ4v) is 4.64. The van der Waals surface area contributed by atoms with Gasteiger partial charge in [0.25, 0.3) is 5.91 Å². The maximum atomic E-state index is 13.2. The van der Waals surface area contributed by atoms with Crippen molar-refractivity contribution in [2.75, 3.05) is 19.6 Å². The first kappa shape index (κ1) is 17.4. The number of amides is 1. The lowest BCUT2D eigenvalue weighted by molar-refractivity contribution is 0.0547. The number of rotatable bonds is 2. The molecule has 0 bridgehead atoms. The van der Waals surface area contributed by atoms with Gasteiger partial charge in [-0.3, -0.25) is 9.69 Å². The van der Waals surface area contributed by atoms with Crippen LogP contribution in [0.25, 0.3) is 5.65 Å². The molecule has 0 N–H and O–H groups in total. The van der Waals surface area contributed by atoms with E-state index in [1.807, 2.05) is 17.9 Å². The molecule has 6 nitrogen and oxygen atoms in total. The van der Waals surface area contributed by atoms with Gasteiger partial charge in [0.15, 0.2) is 5.65 Å². The van der Waals surface area contributed by atoms with E-state index in [1.165, 1.54) is 11.1 Å². The summed E-state index contributed by atoms with van der Waals surface area (Å²) in [5.74, 6) is 0.0736. The number of nitrogens with zero attached hydrogens (tertiary/aromatic N) is 5. The van der Waals surface area contributed by atoms with Crippen LogP contribution in [0.1, 0.15) is 40.0 Å². The van der Waals surface area contributed by atoms with Gasteiger partial charge in [0, 0.05) is 44.5 Å². The number of fused-ring (bicyclic) bond motifs is 2. The molecule has 1 aromatic carbocycles. The number of hydrogen-bond acceptors (Lipinski definition) is 4. The van der Waals surface area contributed by atoms with E-state index >= 15 is 0 Å². The van der Waals surface area contributed by atoms with Gasteiger partial charge in [-0.2, -0.15) is 5.10 Å². The van der Waals surface area contributed by atoms with Crippen LogP contribution in [-0.2, 0) is 13.0 Å². The van der Waals surface area contributed by atoms with Crippen molar-refractivity contribution >= 4 is 11.6 Å². The van der Waals surface area contributed by atoms with E-state index in [0.29, 0.717) is 11.6 Å². The average molecular weight is 375 g/mol. The van der Waals surface area contributed by atoms with Crippen molar-refractivity contribution in [3.8, 4) is 0 Å². The maximum Gasteiger partial charge on any atom is 0.257 e. The summed E-state index contributed by atoms with van der Waals surface area (Å²) in [5.41, 5.74) is 5.19. The Balaban J connectivity index is 1.34. The Hall–Kier alpha value is -2.73. The van der Waals surface area contributed by atoms with Crippen LogP contribution in [0.4, 0.5) is 0 Å². The fourth-order valence-electron chi connectivity index (χ4n) is 4.64. The molecule has 1 saturated heterocycles. The minimum absolute atomic E-state index is 0.0736. The maximum absolute atomic E-state index is 13.2. The van der Waals surface area contributed by atoms with Gasteiger partial charge in [0.05, 0.1) is 17.5 Å². The highest BCUT2D eigenvalue weighted by Crippen LogP contribution is 2.25. The molecule has 3 aromatic rings. The van der Waals surface area contributed by atoms with Crippen LogP contribution in [0.5, 0.6) is 0 Å². The van der Waals surface area contributed by atoms with Gasteiger partial charge in [0.1, 0.15) is 0 Å². The second-order valence-corrected chi connectivity index (χ2v) is 7.89. The number of hydrogen-bond donors (Lipinski definition) is 0. The predicted molar refractivity (Wildman–Crippen MR) is 107 cm³/mol. The molecular weight excluding hydrogens is 350 g/mol. The van der Waals surface area contributed by atoms with Crippen LogP contribution in [-0.4, -0.2) is 56.0 Å². The summed E-state index contributed by atoms with van der Waals surface area (Å²) >= 11 is 0. The van der Waals surface area contributed by atoms with Crippen LogP contribution in [0.3, 0.4) is 0 Å². The molecule has 2 aliphatic heterocycles. The minimum atomic E-state index is 0.0736. The smallest absolute Gasteiger partial charge is 0.257 e. The first-order chi connectivity index (χ1) is 13.7. The molecule has 0 spiro atoms.